The zero-order valence-corrected chi connectivity index (χ0v) is 21.1. The van der Waals surface area contributed by atoms with Gasteiger partial charge in [0, 0.05) is 22.1 Å². The van der Waals surface area contributed by atoms with Crippen molar-refractivity contribution >= 4 is 27.5 Å². The maximum Gasteiger partial charge on any atom is 0.167 e. The molecule has 0 unspecified atom stereocenters. The lowest BCUT2D eigenvalue weighted by Crippen LogP contribution is -2.18. The van der Waals surface area contributed by atoms with E-state index in [1.807, 2.05) is 24.3 Å². The Bertz CT molecular complexity index is 1080. The Morgan fingerprint density at radius 3 is 2.33 bits per heavy atom. The fourth-order valence-corrected chi connectivity index (χ4v) is 4.03. The van der Waals surface area contributed by atoms with Gasteiger partial charge in [0.2, 0.25) is 0 Å². The lowest BCUT2D eigenvalue weighted by Gasteiger charge is -2.18. The molecule has 8 heteroatoms. The van der Waals surface area contributed by atoms with E-state index >= 15 is 0 Å². The van der Waals surface area contributed by atoms with Crippen molar-refractivity contribution in [3.8, 4) is 23.0 Å². The van der Waals surface area contributed by atoms with Crippen LogP contribution in [0.15, 0.2) is 53.0 Å². The first-order chi connectivity index (χ1) is 16.0. The van der Waals surface area contributed by atoms with Crippen LogP contribution in [-0.2, 0) is 19.6 Å². The summed E-state index contributed by atoms with van der Waals surface area (Å²) < 4.78 is 37.2. The second-order valence-electron chi connectivity index (χ2n) is 7.16. The first-order valence-electron chi connectivity index (χ1n) is 10.3. The molecule has 0 spiro atoms. The van der Waals surface area contributed by atoms with E-state index in [2.05, 4.69) is 21.2 Å². The van der Waals surface area contributed by atoms with Crippen LogP contribution >= 0.6 is 27.5 Å². The lowest BCUT2D eigenvalue weighted by molar-refractivity contribution is 0.276. The smallest absolute Gasteiger partial charge is 0.167 e. The summed E-state index contributed by atoms with van der Waals surface area (Å²) in [6.45, 7) is 1.22. The van der Waals surface area contributed by atoms with Gasteiger partial charge in [-0.05, 0) is 54.9 Å². The van der Waals surface area contributed by atoms with Crippen LogP contribution in [0.4, 0.5) is 4.39 Å². The van der Waals surface area contributed by atoms with Crippen LogP contribution in [0.3, 0.4) is 0 Å². The highest BCUT2D eigenvalue weighted by Gasteiger charge is 2.16. The molecule has 3 rings (SSSR count). The van der Waals surface area contributed by atoms with Crippen molar-refractivity contribution in [2.24, 2.45) is 0 Å². The fourth-order valence-electron chi connectivity index (χ4n) is 3.36. The van der Waals surface area contributed by atoms with Crippen molar-refractivity contribution in [2.75, 3.05) is 27.9 Å². The van der Waals surface area contributed by atoms with Gasteiger partial charge < -0.3 is 24.3 Å². The van der Waals surface area contributed by atoms with Crippen LogP contribution in [0.1, 0.15) is 16.7 Å². The van der Waals surface area contributed by atoms with Gasteiger partial charge in [-0.15, -0.1) is 0 Å². The predicted molar refractivity (Wildman–Crippen MR) is 131 cm³/mol. The van der Waals surface area contributed by atoms with E-state index in [1.165, 1.54) is 6.07 Å². The molecule has 0 saturated carbocycles. The molecule has 3 aromatic rings. The van der Waals surface area contributed by atoms with E-state index < -0.39 is 5.82 Å². The van der Waals surface area contributed by atoms with Gasteiger partial charge in [-0.2, -0.15) is 0 Å². The number of benzene rings is 3. The minimum atomic E-state index is -0.411. The normalized spacial score (nSPS) is 10.7. The van der Waals surface area contributed by atoms with E-state index in [-0.39, 0.29) is 6.61 Å². The van der Waals surface area contributed by atoms with Crippen molar-refractivity contribution < 1.29 is 23.3 Å². The highest BCUT2D eigenvalue weighted by Crippen LogP contribution is 2.37. The molecule has 0 fully saturated rings. The molecule has 5 nitrogen and oxygen atoms in total. The molecule has 0 radical (unpaired) electrons. The number of hydrogen-bond acceptors (Lipinski definition) is 5. The van der Waals surface area contributed by atoms with E-state index in [1.54, 1.807) is 39.5 Å². The largest absolute Gasteiger partial charge is 0.493 e. The van der Waals surface area contributed by atoms with Gasteiger partial charge in [0.15, 0.2) is 23.0 Å². The molecule has 0 heterocycles. The van der Waals surface area contributed by atoms with Crippen LogP contribution in [-0.4, -0.2) is 27.9 Å². The van der Waals surface area contributed by atoms with Crippen LogP contribution < -0.4 is 24.3 Å². The second-order valence-corrected chi connectivity index (χ2v) is 8.42. The zero-order chi connectivity index (χ0) is 23.8. The third-order valence-electron chi connectivity index (χ3n) is 5.15. The van der Waals surface area contributed by atoms with Gasteiger partial charge in [-0.25, -0.2) is 4.39 Å². The van der Waals surface area contributed by atoms with Crippen molar-refractivity contribution in [1.29, 1.82) is 0 Å². The SMILES string of the molecule is COc1ccc(CCNCc2c(Br)ccc(OC)c2OCc2c(F)cccc2Cl)cc1OC. The summed E-state index contributed by atoms with van der Waals surface area (Å²) in [5.41, 5.74) is 2.29. The van der Waals surface area contributed by atoms with Crippen molar-refractivity contribution in [3.63, 3.8) is 0 Å². The molecule has 33 heavy (non-hydrogen) atoms. The molecule has 0 saturated heterocycles. The summed E-state index contributed by atoms with van der Waals surface area (Å²) in [5, 5.41) is 3.75. The molecule has 0 aliphatic rings. The minimum Gasteiger partial charge on any atom is -0.493 e. The zero-order valence-electron chi connectivity index (χ0n) is 18.7. The molecule has 0 aliphatic heterocycles. The van der Waals surface area contributed by atoms with Gasteiger partial charge >= 0.3 is 0 Å². The molecular formula is C25H26BrClFNO4. The number of halogens is 3. The third-order valence-corrected chi connectivity index (χ3v) is 6.25. The summed E-state index contributed by atoms with van der Waals surface area (Å²) in [7, 11) is 4.81. The van der Waals surface area contributed by atoms with E-state index in [4.69, 9.17) is 30.5 Å². The van der Waals surface area contributed by atoms with Gasteiger partial charge in [0.1, 0.15) is 12.4 Å². The van der Waals surface area contributed by atoms with Gasteiger partial charge in [0.25, 0.3) is 0 Å². The maximum absolute atomic E-state index is 14.2. The Kier molecular flexibility index (Phi) is 9.23. The summed E-state index contributed by atoms with van der Waals surface area (Å²) in [4.78, 5) is 0. The minimum absolute atomic E-state index is 0.0169. The number of rotatable bonds is 11. The average molecular weight is 539 g/mol. The molecule has 0 amide bonds. The second kappa shape index (κ2) is 12.1. The number of hydrogen-bond donors (Lipinski definition) is 1. The summed E-state index contributed by atoms with van der Waals surface area (Å²) in [6.07, 6.45) is 0.795. The molecule has 3 aromatic carbocycles. The van der Waals surface area contributed by atoms with Crippen LogP contribution in [0.25, 0.3) is 0 Å². The highest BCUT2D eigenvalue weighted by atomic mass is 79.9. The molecule has 0 atom stereocenters. The average Bonchev–Trinajstić information content (AvgIpc) is 2.82. The topological polar surface area (TPSA) is 49.0 Å². The first kappa shape index (κ1) is 25.1. The van der Waals surface area contributed by atoms with Gasteiger partial charge in [0.05, 0.1) is 26.4 Å². The first-order valence-corrected chi connectivity index (χ1v) is 11.5. The number of methoxy groups -OCH3 is 3. The third kappa shape index (κ3) is 6.31. The van der Waals surface area contributed by atoms with Crippen LogP contribution in [0.2, 0.25) is 5.02 Å². The molecule has 0 bridgehead atoms. The quantitative estimate of drug-likeness (QED) is 0.296. The van der Waals surface area contributed by atoms with E-state index in [9.17, 15) is 4.39 Å². The Morgan fingerprint density at radius 2 is 1.64 bits per heavy atom. The van der Waals surface area contributed by atoms with E-state index in [0.717, 1.165) is 28.6 Å². The summed E-state index contributed by atoms with van der Waals surface area (Å²) in [5.74, 6) is 2.08. The van der Waals surface area contributed by atoms with Crippen molar-refractivity contribution in [1.82, 2.24) is 5.32 Å². The number of ether oxygens (including phenoxy) is 4. The molecule has 0 aromatic heterocycles. The lowest BCUT2D eigenvalue weighted by atomic mass is 10.1. The molecule has 1 N–H and O–H groups in total. The Balaban J connectivity index is 1.70. The van der Waals surface area contributed by atoms with E-state index in [0.29, 0.717) is 40.1 Å². The molecule has 0 aliphatic carbocycles. The van der Waals surface area contributed by atoms with Gasteiger partial charge in [-0.1, -0.05) is 39.7 Å². The van der Waals surface area contributed by atoms with Crippen LogP contribution in [0.5, 0.6) is 23.0 Å². The van der Waals surface area contributed by atoms with Crippen molar-refractivity contribution in [2.45, 2.75) is 19.6 Å². The standard InChI is InChI=1S/C25H26BrClFNO4/c1-30-22-9-7-16(13-24(22)32-3)11-12-29-14-17-19(26)8-10-23(31-2)25(17)33-15-18-20(27)5-4-6-21(18)28/h4-10,13,29H,11-12,14-15H2,1-3H3. The van der Waals surface area contributed by atoms with Crippen molar-refractivity contribution in [3.05, 3.63) is 80.5 Å². The Labute approximate surface area is 206 Å². The molecule has 176 valence electrons. The number of nitrogens with one attached hydrogen (secondary N) is 1. The highest BCUT2D eigenvalue weighted by molar-refractivity contribution is 9.10. The summed E-state index contributed by atoms with van der Waals surface area (Å²) in [6, 6.07) is 14.1. The molecular weight excluding hydrogens is 513 g/mol. The monoisotopic (exact) mass is 537 g/mol. The Hall–Kier alpha value is -2.48. The maximum atomic E-state index is 14.2. The van der Waals surface area contributed by atoms with Gasteiger partial charge in [-0.3, -0.25) is 0 Å². The predicted octanol–water partition coefficient (Wildman–Crippen LogP) is 6.18. The fraction of sp³-hybridized carbons (Fsp3) is 0.280. The summed E-state index contributed by atoms with van der Waals surface area (Å²) >= 11 is 9.74. The van der Waals surface area contributed by atoms with Crippen LogP contribution in [0, 0.1) is 5.82 Å². The Morgan fingerprint density at radius 1 is 0.909 bits per heavy atom.